The molecule has 0 aliphatic rings. The molecule has 6 nitrogen and oxygen atoms in total. The zero-order valence-corrected chi connectivity index (χ0v) is 18.5. The maximum absolute atomic E-state index is 13.7. The van der Waals surface area contributed by atoms with Crippen LogP contribution in [0.5, 0.6) is 0 Å². The summed E-state index contributed by atoms with van der Waals surface area (Å²) in [7, 11) is 0. The van der Waals surface area contributed by atoms with Crippen molar-refractivity contribution in [3.8, 4) is 17.2 Å². The number of furan rings is 1. The molecule has 5 aromatic rings. The summed E-state index contributed by atoms with van der Waals surface area (Å²) in [4.78, 5) is 8.73. The highest BCUT2D eigenvalue weighted by atomic mass is 35.5. The molecule has 166 valence electrons. The third-order valence-corrected chi connectivity index (χ3v) is 5.62. The number of hydrogen-bond acceptors (Lipinski definition) is 6. The van der Waals surface area contributed by atoms with E-state index in [1.54, 1.807) is 31.0 Å². The summed E-state index contributed by atoms with van der Waals surface area (Å²) < 4.78 is 19.0. The number of pyridine rings is 2. The molecule has 8 heteroatoms. The van der Waals surface area contributed by atoms with Crippen molar-refractivity contribution in [3.05, 3.63) is 102 Å². The average molecular weight is 470 g/mol. The number of rotatable bonds is 6. The Kier molecular flexibility index (Phi) is 5.81. The molecular weight excluding hydrogens is 453 g/mol. The van der Waals surface area contributed by atoms with Crippen LogP contribution < -0.4 is 10.6 Å². The van der Waals surface area contributed by atoms with Gasteiger partial charge in [0.25, 0.3) is 0 Å². The van der Waals surface area contributed by atoms with Gasteiger partial charge in [-0.15, -0.1) is 0 Å². The van der Waals surface area contributed by atoms with E-state index in [4.69, 9.17) is 16.0 Å². The fraction of sp³-hybridized carbons (Fsp3) is 0.0385. The van der Waals surface area contributed by atoms with Crippen molar-refractivity contribution in [2.45, 2.75) is 6.54 Å². The van der Waals surface area contributed by atoms with Gasteiger partial charge in [-0.3, -0.25) is 9.97 Å². The maximum Gasteiger partial charge on any atom is 0.141 e. The van der Waals surface area contributed by atoms with Crippen LogP contribution in [0.4, 0.5) is 21.5 Å². The van der Waals surface area contributed by atoms with Gasteiger partial charge in [0.05, 0.1) is 34.3 Å². The predicted octanol–water partition coefficient (Wildman–Crippen LogP) is 6.91. The molecular formula is C26H17ClFN5O. The summed E-state index contributed by atoms with van der Waals surface area (Å²) in [5.41, 5.74) is 5.66. The second-order valence-corrected chi connectivity index (χ2v) is 7.97. The van der Waals surface area contributed by atoms with Gasteiger partial charge in [0.15, 0.2) is 0 Å². The Bertz CT molecular complexity index is 1510. The van der Waals surface area contributed by atoms with Gasteiger partial charge in [-0.25, -0.2) is 4.39 Å². The van der Waals surface area contributed by atoms with E-state index in [2.05, 4.69) is 26.7 Å². The minimum absolute atomic E-state index is 0.0141. The van der Waals surface area contributed by atoms with Crippen LogP contribution in [-0.4, -0.2) is 9.97 Å². The number of anilines is 3. The summed E-state index contributed by atoms with van der Waals surface area (Å²) in [6, 6.07) is 16.1. The zero-order chi connectivity index (χ0) is 23.5. The first-order valence-electron chi connectivity index (χ1n) is 10.4. The Morgan fingerprint density at radius 2 is 2.00 bits per heavy atom. The third kappa shape index (κ3) is 4.27. The van der Waals surface area contributed by atoms with Gasteiger partial charge < -0.3 is 15.1 Å². The Labute approximate surface area is 199 Å². The fourth-order valence-electron chi connectivity index (χ4n) is 3.69. The first kappa shape index (κ1) is 21.4. The van der Waals surface area contributed by atoms with E-state index < -0.39 is 5.82 Å². The summed E-state index contributed by atoms with van der Waals surface area (Å²) >= 11 is 5.97. The van der Waals surface area contributed by atoms with Gasteiger partial charge in [0.2, 0.25) is 0 Å². The molecule has 3 aromatic heterocycles. The number of hydrogen-bond donors (Lipinski definition) is 2. The Hall–Kier alpha value is -4.41. The van der Waals surface area contributed by atoms with Crippen LogP contribution >= 0.6 is 11.6 Å². The van der Waals surface area contributed by atoms with E-state index in [1.165, 1.54) is 18.3 Å². The molecule has 0 unspecified atom stereocenters. The SMILES string of the molecule is N#Cc1cnc2c(-c3ccoc3)cc(NCc3cccnc3)cc2c1Nc1ccc(F)c(Cl)c1. The first-order valence-corrected chi connectivity index (χ1v) is 10.7. The first-order chi connectivity index (χ1) is 16.6. The Morgan fingerprint density at radius 1 is 1.09 bits per heavy atom. The molecule has 0 bridgehead atoms. The lowest BCUT2D eigenvalue weighted by Crippen LogP contribution is -2.02. The van der Waals surface area contributed by atoms with E-state index >= 15 is 0 Å². The molecule has 34 heavy (non-hydrogen) atoms. The Balaban J connectivity index is 1.66. The number of nitrogens with one attached hydrogen (secondary N) is 2. The minimum atomic E-state index is -0.517. The van der Waals surface area contributed by atoms with Crippen LogP contribution in [0.2, 0.25) is 5.02 Å². The third-order valence-electron chi connectivity index (χ3n) is 5.33. The molecule has 0 amide bonds. The summed E-state index contributed by atoms with van der Waals surface area (Å²) in [6.07, 6.45) is 8.28. The van der Waals surface area contributed by atoms with Crippen molar-refractivity contribution < 1.29 is 8.81 Å². The van der Waals surface area contributed by atoms with Crippen molar-refractivity contribution in [1.29, 1.82) is 5.26 Å². The highest BCUT2D eigenvalue weighted by Crippen LogP contribution is 2.37. The quantitative estimate of drug-likeness (QED) is 0.281. The fourth-order valence-corrected chi connectivity index (χ4v) is 3.87. The predicted molar refractivity (Wildman–Crippen MR) is 130 cm³/mol. The topological polar surface area (TPSA) is 86.8 Å². The molecule has 0 aliphatic carbocycles. The van der Waals surface area contributed by atoms with Crippen molar-refractivity contribution in [1.82, 2.24) is 9.97 Å². The van der Waals surface area contributed by atoms with Crippen LogP contribution in [0.1, 0.15) is 11.1 Å². The maximum atomic E-state index is 13.7. The molecule has 2 N–H and O–H groups in total. The molecule has 0 saturated heterocycles. The van der Waals surface area contributed by atoms with Crippen LogP contribution in [0.25, 0.3) is 22.0 Å². The zero-order valence-electron chi connectivity index (χ0n) is 17.7. The van der Waals surface area contributed by atoms with E-state index in [9.17, 15) is 9.65 Å². The highest BCUT2D eigenvalue weighted by molar-refractivity contribution is 6.31. The van der Waals surface area contributed by atoms with Crippen LogP contribution in [0.3, 0.4) is 0 Å². The lowest BCUT2D eigenvalue weighted by molar-refractivity contribution is 0.568. The summed E-state index contributed by atoms with van der Waals surface area (Å²) in [6.45, 7) is 0.561. The molecule has 0 aliphatic heterocycles. The molecule has 0 radical (unpaired) electrons. The Morgan fingerprint density at radius 3 is 2.74 bits per heavy atom. The van der Waals surface area contributed by atoms with Crippen LogP contribution in [0.15, 0.2) is 84.1 Å². The molecule has 3 heterocycles. The van der Waals surface area contributed by atoms with Crippen LogP contribution in [-0.2, 0) is 6.54 Å². The van der Waals surface area contributed by atoms with Gasteiger partial charge in [0.1, 0.15) is 11.9 Å². The number of fused-ring (bicyclic) bond motifs is 1. The van der Waals surface area contributed by atoms with E-state index in [0.29, 0.717) is 34.4 Å². The van der Waals surface area contributed by atoms with Gasteiger partial charge in [-0.2, -0.15) is 5.26 Å². The van der Waals surface area contributed by atoms with Gasteiger partial charge in [-0.1, -0.05) is 17.7 Å². The number of nitriles is 1. The number of halogens is 2. The lowest BCUT2D eigenvalue weighted by Gasteiger charge is -2.16. The van der Waals surface area contributed by atoms with Gasteiger partial charge in [0, 0.05) is 53.0 Å². The van der Waals surface area contributed by atoms with E-state index in [0.717, 1.165) is 22.4 Å². The van der Waals surface area contributed by atoms with Gasteiger partial charge >= 0.3 is 0 Å². The second-order valence-electron chi connectivity index (χ2n) is 7.56. The number of benzene rings is 2. The minimum Gasteiger partial charge on any atom is -0.472 e. The molecule has 2 aromatic carbocycles. The molecule has 0 spiro atoms. The molecule has 0 saturated carbocycles. The molecule has 0 fully saturated rings. The monoisotopic (exact) mass is 469 g/mol. The van der Waals surface area contributed by atoms with Crippen molar-refractivity contribution in [2.24, 2.45) is 0 Å². The summed E-state index contributed by atoms with van der Waals surface area (Å²) in [5, 5.41) is 17.1. The molecule has 5 rings (SSSR count). The normalized spacial score (nSPS) is 10.7. The number of nitrogens with zero attached hydrogens (tertiary/aromatic N) is 3. The van der Waals surface area contributed by atoms with Crippen molar-refractivity contribution in [3.63, 3.8) is 0 Å². The highest BCUT2D eigenvalue weighted by Gasteiger charge is 2.16. The number of aromatic nitrogens is 2. The van der Waals surface area contributed by atoms with Crippen molar-refractivity contribution in [2.75, 3.05) is 10.6 Å². The van der Waals surface area contributed by atoms with E-state index in [-0.39, 0.29) is 5.02 Å². The second kappa shape index (κ2) is 9.22. The smallest absolute Gasteiger partial charge is 0.141 e. The van der Waals surface area contributed by atoms with Crippen molar-refractivity contribution >= 4 is 39.6 Å². The van der Waals surface area contributed by atoms with Gasteiger partial charge in [-0.05, 0) is 48.0 Å². The standard InChI is InChI=1S/C26H17ClFN5O/c27-23-10-19(3-4-24(23)28)33-25-18(11-29)14-32-26-21(17-5-7-34-15-17)8-20(9-22(25)26)31-13-16-2-1-6-30-12-16/h1-10,12,14-15,31H,13H2,(H,32,33). The molecule has 0 atom stereocenters. The lowest BCUT2D eigenvalue weighted by atomic mass is 10.0. The van der Waals surface area contributed by atoms with Crippen LogP contribution in [0, 0.1) is 17.1 Å². The largest absolute Gasteiger partial charge is 0.472 e. The average Bonchev–Trinajstić information content (AvgIpc) is 3.40. The van der Waals surface area contributed by atoms with E-state index in [1.807, 2.05) is 30.3 Å². The summed E-state index contributed by atoms with van der Waals surface area (Å²) in [5.74, 6) is -0.517.